The van der Waals surface area contributed by atoms with Crippen molar-refractivity contribution in [3.05, 3.63) is 0 Å². The van der Waals surface area contributed by atoms with Crippen molar-refractivity contribution in [3.8, 4) is 0 Å². The van der Waals surface area contributed by atoms with Gasteiger partial charge in [-0.2, -0.15) is 0 Å². The van der Waals surface area contributed by atoms with Crippen LogP contribution >= 0.6 is 0 Å². The molecule has 0 aromatic carbocycles. The van der Waals surface area contributed by atoms with Gasteiger partial charge in [-0.05, 0) is 19.3 Å². The normalized spacial score (nSPS) is 12.0. The molecule has 4 N–H and O–H groups in total. The number of aliphatic hydroxyl groups excluding tert-OH is 2. The van der Waals surface area contributed by atoms with Crippen molar-refractivity contribution in [2.45, 2.75) is 51.0 Å². The first kappa shape index (κ1) is 12.9. The van der Waals surface area contributed by atoms with Gasteiger partial charge in [-0.3, -0.25) is 0 Å². The van der Waals surface area contributed by atoms with Gasteiger partial charge in [0.15, 0.2) is 0 Å². The SMILES string of the molecule is CCCCCC(N)(CCO)CCO. The van der Waals surface area contributed by atoms with E-state index in [9.17, 15) is 0 Å². The lowest BCUT2D eigenvalue weighted by atomic mass is 9.87. The summed E-state index contributed by atoms with van der Waals surface area (Å²) in [4.78, 5) is 0. The molecule has 0 aromatic heterocycles. The van der Waals surface area contributed by atoms with Crippen LogP contribution in [0.2, 0.25) is 0 Å². The Morgan fingerprint density at radius 2 is 1.54 bits per heavy atom. The van der Waals surface area contributed by atoms with Gasteiger partial charge in [-0.15, -0.1) is 0 Å². The highest BCUT2D eigenvalue weighted by Gasteiger charge is 2.22. The van der Waals surface area contributed by atoms with Crippen LogP contribution in [-0.2, 0) is 0 Å². The van der Waals surface area contributed by atoms with E-state index in [1.807, 2.05) is 0 Å². The van der Waals surface area contributed by atoms with E-state index in [4.69, 9.17) is 15.9 Å². The van der Waals surface area contributed by atoms with Crippen molar-refractivity contribution in [2.24, 2.45) is 5.73 Å². The van der Waals surface area contributed by atoms with E-state index in [2.05, 4.69) is 6.92 Å². The molecule has 13 heavy (non-hydrogen) atoms. The summed E-state index contributed by atoms with van der Waals surface area (Å²) < 4.78 is 0. The van der Waals surface area contributed by atoms with E-state index in [0.29, 0.717) is 12.8 Å². The van der Waals surface area contributed by atoms with Crippen molar-refractivity contribution in [3.63, 3.8) is 0 Å². The van der Waals surface area contributed by atoms with Gasteiger partial charge < -0.3 is 15.9 Å². The molecule has 0 saturated carbocycles. The first-order valence-electron chi connectivity index (χ1n) is 5.19. The minimum atomic E-state index is -0.349. The molecule has 0 heterocycles. The summed E-state index contributed by atoms with van der Waals surface area (Å²) in [5.74, 6) is 0. The van der Waals surface area contributed by atoms with Gasteiger partial charge >= 0.3 is 0 Å². The molecule has 3 nitrogen and oxygen atoms in total. The van der Waals surface area contributed by atoms with Gasteiger partial charge in [0.05, 0.1) is 0 Å². The van der Waals surface area contributed by atoms with Crippen molar-refractivity contribution < 1.29 is 10.2 Å². The van der Waals surface area contributed by atoms with Crippen molar-refractivity contribution in [1.29, 1.82) is 0 Å². The quantitative estimate of drug-likeness (QED) is 0.500. The third-order valence-electron chi connectivity index (χ3n) is 2.50. The molecular formula is C10H23NO2. The van der Waals surface area contributed by atoms with Crippen LogP contribution in [0.1, 0.15) is 45.4 Å². The molecule has 0 atom stereocenters. The van der Waals surface area contributed by atoms with Gasteiger partial charge in [-0.1, -0.05) is 26.2 Å². The van der Waals surface area contributed by atoms with Gasteiger partial charge in [0.2, 0.25) is 0 Å². The molecule has 0 spiro atoms. The van der Waals surface area contributed by atoms with Gasteiger partial charge in [-0.25, -0.2) is 0 Å². The average Bonchev–Trinajstić information content (AvgIpc) is 2.05. The highest BCUT2D eigenvalue weighted by Crippen LogP contribution is 2.19. The predicted octanol–water partition coefficient (Wildman–Crippen LogP) is 1.03. The maximum absolute atomic E-state index is 8.82. The van der Waals surface area contributed by atoms with Crippen LogP contribution < -0.4 is 5.73 Å². The molecule has 0 bridgehead atoms. The lowest BCUT2D eigenvalue weighted by Crippen LogP contribution is -2.41. The summed E-state index contributed by atoms with van der Waals surface area (Å²) in [6, 6.07) is 0. The number of hydrogen-bond donors (Lipinski definition) is 3. The van der Waals surface area contributed by atoms with Gasteiger partial charge in [0, 0.05) is 18.8 Å². The number of nitrogens with two attached hydrogens (primary N) is 1. The second kappa shape index (κ2) is 7.30. The summed E-state index contributed by atoms with van der Waals surface area (Å²) >= 11 is 0. The largest absolute Gasteiger partial charge is 0.396 e. The van der Waals surface area contributed by atoms with E-state index < -0.39 is 0 Å². The Hall–Kier alpha value is -0.120. The van der Waals surface area contributed by atoms with E-state index in [0.717, 1.165) is 12.8 Å². The van der Waals surface area contributed by atoms with Gasteiger partial charge in [0.25, 0.3) is 0 Å². The fraction of sp³-hybridized carbons (Fsp3) is 1.00. The molecule has 0 aromatic rings. The second-order valence-electron chi connectivity index (χ2n) is 3.77. The monoisotopic (exact) mass is 189 g/mol. The van der Waals surface area contributed by atoms with Gasteiger partial charge in [0.1, 0.15) is 0 Å². The third-order valence-corrected chi connectivity index (χ3v) is 2.50. The van der Waals surface area contributed by atoms with Crippen molar-refractivity contribution in [1.82, 2.24) is 0 Å². The Labute approximate surface area is 81.0 Å². The summed E-state index contributed by atoms with van der Waals surface area (Å²) in [6.45, 7) is 2.38. The zero-order chi connectivity index (χ0) is 10.2. The first-order chi connectivity index (χ1) is 6.18. The topological polar surface area (TPSA) is 66.5 Å². The lowest BCUT2D eigenvalue weighted by molar-refractivity contribution is 0.183. The van der Waals surface area contributed by atoms with Crippen LogP contribution in [0.25, 0.3) is 0 Å². The summed E-state index contributed by atoms with van der Waals surface area (Å²) in [5, 5.41) is 17.6. The van der Waals surface area contributed by atoms with E-state index in [1.54, 1.807) is 0 Å². The van der Waals surface area contributed by atoms with Crippen molar-refractivity contribution >= 4 is 0 Å². The molecule has 0 unspecified atom stereocenters. The van der Waals surface area contributed by atoms with Crippen molar-refractivity contribution in [2.75, 3.05) is 13.2 Å². The Kier molecular flexibility index (Phi) is 7.23. The minimum Gasteiger partial charge on any atom is -0.396 e. The fourth-order valence-electron chi connectivity index (χ4n) is 1.55. The standard InChI is InChI=1S/C10H23NO2/c1-2-3-4-5-10(11,6-8-12)7-9-13/h12-13H,2-9,11H2,1H3. The molecule has 0 aliphatic rings. The molecule has 0 rings (SSSR count). The van der Waals surface area contributed by atoms with E-state index in [1.165, 1.54) is 12.8 Å². The number of hydrogen-bond acceptors (Lipinski definition) is 3. The highest BCUT2D eigenvalue weighted by molar-refractivity contribution is 4.83. The number of unbranched alkanes of at least 4 members (excludes halogenated alkanes) is 2. The zero-order valence-electron chi connectivity index (χ0n) is 8.63. The average molecular weight is 189 g/mol. The Morgan fingerprint density at radius 1 is 1.00 bits per heavy atom. The van der Waals surface area contributed by atoms with Crippen LogP contribution in [0.4, 0.5) is 0 Å². The van der Waals surface area contributed by atoms with E-state index in [-0.39, 0.29) is 18.8 Å². The Balaban J connectivity index is 3.76. The van der Waals surface area contributed by atoms with E-state index >= 15 is 0 Å². The Morgan fingerprint density at radius 3 is 1.92 bits per heavy atom. The molecule has 0 aliphatic heterocycles. The summed E-state index contributed by atoms with van der Waals surface area (Å²) in [7, 11) is 0. The number of rotatable bonds is 8. The van der Waals surface area contributed by atoms with Crippen LogP contribution in [0, 0.1) is 0 Å². The third kappa shape index (κ3) is 6.02. The highest BCUT2D eigenvalue weighted by atomic mass is 16.3. The molecule has 0 fully saturated rings. The molecule has 0 aliphatic carbocycles. The Bertz CT molecular complexity index is 111. The maximum atomic E-state index is 8.82. The van der Waals surface area contributed by atoms with Crippen LogP contribution in [0.15, 0.2) is 0 Å². The smallest absolute Gasteiger partial charge is 0.0448 e. The number of aliphatic hydroxyl groups is 2. The maximum Gasteiger partial charge on any atom is 0.0448 e. The zero-order valence-corrected chi connectivity index (χ0v) is 8.63. The minimum absolute atomic E-state index is 0.114. The molecule has 80 valence electrons. The second-order valence-corrected chi connectivity index (χ2v) is 3.77. The lowest BCUT2D eigenvalue weighted by Gasteiger charge is -2.28. The molecule has 3 heteroatoms. The molecule has 0 amide bonds. The molecular weight excluding hydrogens is 166 g/mol. The fourth-order valence-corrected chi connectivity index (χ4v) is 1.55. The molecule has 0 saturated heterocycles. The van der Waals surface area contributed by atoms with Crippen LogP contribution in [0.3, 0.4) is 0 Å². The summed E-state index contributed by atoms with van der Waals surface area (Å²) in [5.41, 5.74) is 5.69. The summed E-state index contributed by atoms with van der Waals surface area (Å²) in [6.07, 6.45) is 5.54. The first-order valence-corrected chi connectivity index (χ1v) is 5.19. The molecule has 0 radical (unpaired) electrons. The van der Waals surface area contributed by atoms with Crippen LogP contribution in [-0.4, -0.2) is 29.0 Å². The van der Waals surface area contributed by atoms with Crippen LogP contribution in [0.5, 0.6) is 0 Å². The predicted molar refractivity (Wildman–Crippen MR) is 54.5 cm³/mol.